The van der Waals surface area contributed by atoms with Crippen LogP contribution in [0.15, 0.2) is 48.6 Å². The van der Waals surface area contributed by atoms with Crippen LogP contribution < -0.4 is 11.1 Å². The van der Waals surface area contributed by atoms with Gasteiger partial charge in [-0.1, -0.05) is 18.2 Å². The lowest BCUT2D eigenvalue weighted by molar-refractivity contribution is -0.136. The number of carbonyl (C=O) groups is 2. The number of methoxy groups -OCH3 is 1. The lowest BCUT2D eigenvalue weighted by Gasteiger charge is -2.07. The fraction of sp³-hybridized carbons (Fsp3) is 0.190. The molecule has 0 saturated carbocycles. The average molecular weight is 365 g/mol. The van der Waals surface area contributed by atoms with Crippen molar-refractivity contribution in [2.75, 3.05) is 7.11 Å². The molecule has 0 aliphatic carbocycles. The van der Waals surface area contributed by atoms with Crippen molar-refractivity contribution in [1.82, 2.24) is 10.3 Å². The zero-order valence-electron chi connectivity index (χ0n) is 15.7. The molecule has 2 rings (SSSR count). The highest BCUT2D eigenvalue weighted by Crippen LogP contribution is 2.14. The lowest BCUT2D eigenvalue weighted by atomic mass is 10.0. The van der Waals surface area contributed by atoms with Gasteiger partial charge >= 0.3 is 5.97 Å². The van der Waals surface area contributed by atoms with Gasteiger partial charge in [-0.05, 0) is 60.5 Å². The number of ketones is 1. The van der Waals surface area contributed by atoms with Crippen LogP contribution >= 0.6 is 0 Å². The van der Waals surface area contributed by atoms with Crippen LogP contribution in [0.2, 0.25) is 0 Å². The Labute approximate surface area is 158 Å². The molecule has 0 aliphatic rings. The first-order valence-electron chi connectivity index (χ1n) is 8.42. The molecule has 2 aromatic rings. The van der Waals surface area contributed by atoms with Gasteiger partial charge in [-0.15, -0.1) is 0 Å². The molecule has 0 atom stereocenters. The fourth-order valence-corrected chi connectivity index (χ4v) is 2.52. The normalized spacial score (nSPS) is 11.4. The maximum atomic E-state index is 11.6. The summed E-state index contributed by atoms with van der Waals surface area (Å²) in [6.07, 6.45) is 8.48. The zero-order chi connectivity index (χ0) is 19.8. The molecular formula is C21H23N3O3. The van der Waals surface area contributed by atoms with Gasteiger partial charge in [-0.25, -0.2) is 4.79 Å². The summed E-state index contributed by atoms with van der Waals surface area (Å²) in [5.41, 5.74) is 10.1. The summed E-state index contributed by atoms with van der Waals surface area (Å²) in [6, 6.07) is 7.68. The van der Waals surface area contributed by atoms with E-state index >= 15 is 0 Å². The highest BCUT2D eigenvalue weighted by Gasteiger charge is 2.06. The van der Waals surface area contributed by atoms with Crippen molar-refractivity contribution in [3.8, 4) is 0 Å². The molecule has 0 bridgehead atoms. The van der Waals surface area contributed by atoms with E-state index in [4.69, 9.17) is 5.73 Å². The van der Waals surface area contributed by atoms with E-state index in [0.717, 1.165) is 22.3 Å². The Kier molecular flexibility index (Phi) is 6.88. The summed E-state index contributed by atoms with van der Waals surface area (Å²) in [6.45, 7) is 4.09. The van der Waals surface area contributed by atoms with Gasteiger partial charge in [0.25, 0.3) is 0 Å². The first-order valence-corrected chi connectivity index (χ1v) is 8.42. The van der Waals surface area contributed by atoms with Crippen LogP contribution in [0, 0.1) is 6.92 Å². The third-order valence-electron chi connectivity index (χ3n) is 3.99. The molecular weight excluding hydrogens is 342 g/mol. The third kappa shape index (κ3) is 5.54. The van der Waals surface area contributed by atoms with E-state index < -0.39 is 5.97 Å². The summed E-state index contributed by atoms with van der Waals surface area (Å²) in [4.78, 5) is 27.0. The Hall–Kier alpha value is -3.41. The van der Waals surface area contributed by atoms with E-state index in [-0.39, 0.29) is 11.5 Å². The molecule has 0 unspecified atom stereocenters. The Bertz CT molecular complexity index is 901. The van der Waals surface area contributed by atoms with E-state index in [0.29, 0.717) is 12.1 Å². The number of nitrogens with zero attached hydrogens (tertiary/aromatic N) is 1. The van der Waals surface area contributed by atoms with Gasteiger partial charge < -0.3 is 15.8 Å². The monoisotopic (exact) mass is 365 g/mol. The topological polar surface area (TPSA) is 94.3 Å². The summed E-state index contributed by atoms with van der Waals surface area (Å²) >= 11 is 0. The number of benzene rings is 1. The number of hydrogen-bond acceptors (Lipinski definition) is 6. The zero-order valence-corrected chi connectivity index (χ0v) is 15.7. The molecule has 1 aromatic carbocycles. The lowest BCUT2D eigenvalue weighted by Crippen LogP contribution is -2.12. The maximum Gasteiger partial charge on any atom is 0.353 e. The van der Waals surface area contributed by atoms with Crippen LogP contribution in [0.1, 0.15) is 39.5 Å². The van der Waals surface area contributed by atoms with Gasteiger partial charge in [-0.3, -0.25) is 9.78 Å². The van der Waals surface area contributed by atoms with E-state index in [2.05, 4.69) is 15.0 Å². The predicted octanol–water partition coefficient (Wildman–Crippen LogP) is 2.83. The minimum atomic E-state index is -0.550. The van der Waals surface area contributed by atoms with Crippen molar-refractivity contribution < 1.29 is 14.3 Å². The fourth-order valence-electron chi connectivity index (χ4n) is 2.52. The van der Waals surface area contributed by atoms with E-state index in [1.807, 2.05) is 31.2 Å². The summed E-state index contributed by atoms with van der Waals surface area (Å²) in [7, 11) is 1.30. The molecule has 0 amide bonds. The van der Waals surface area contributed by atoms with Crippen LogP contribution in [0.25, 0.3) is 12.2 Å². The molecule has 3 N–H and O–H groups in total. The second-order valence-electron chi connectivity index (χ2n) is 6.02. The number of hydrogen-bond donors (Lipinski definition) is 2. The second kappa shape index (κ2) is 9.33. The SMILES string of the molecule is COC(=O)/C(N)=C/c1ccc(CN/C=C\c2ccncc2C(C)=O)cc1C. The molecule has 6 nitrogen and oxygen atoms in total. The number of nitrogens with two attached hydrogens (primary N) is 1. The van der Waals surface area contributed by atoms with Crippen LogP contribution in [-0.4, -0.2) is 23.8 Å². The highest BCUT2D eigenvalue weighted by atomic mass is 16.5. The first-order chi connectivity index (χ1) is 12.9. The van der Waals surface area contributed by atoms with E-state index in [1.54, 1.807) is 30.7 Å². The molecule has 0 radical (unpaired) electrons. The van der Waals surface area contributed by atoms with Gasteiger partial charge in [0.1, 0.15) is 5.70 Å². The first kappa shape index (κ1) is 19.9. The van der Waals surface area contributed by atoms with E-state index in [1.165, 1.54) is 14.0 Å². The van der Waals surface area contributed by atoms with E-state index in [9.17, 15) is 9.59 Å². The average Bonchev–Trinajstić information content (AvgIpc) is 2.66. The number of nitrogens with one attached hydrogen (secondary N) is 1. The Balaban J connectivity index is 2.02. The van der Waals surface area contributed by atoms with Gasteiger partial charge in [0.05, 0.1) is 7.11 Å². The van der Waals surface area contributed by atoms with Gasteiger partial charge in [0, 0.05) is 24.5 Å². The predicted molar refractivity (Wildman–Crippen MR) is 105 cm³/mol. The van der Waals surface area contributed by atoms with Crippen LogP contribution in [0.3, 0.4) is 0 Å². The Morgan fingerprint density at radius 3 is 2.70 bits per heavy atom. The van der Waals surface area contributed by atoms with Crippen molar-refractivity contribution in [3.05, 3.63) is 76.4 Å². The second-order valence-corrected chi connectivity index (χ2v) is 6.02. The van der Waals surface area contributed by atoms with Crippen molar-refractivity contribution >= 4 is 23.9 Å². The number of pyridine rings is 1. The Morgan fingerprint density at radius 1 is 1.26 bits per heavy atom. The van der Waals surface area contributed by atoms with Crippen molar-refractivity contribution in [2.45, 2.75) is 20.4 Å². The molecule has 0 spiro atoms. The molecule has 0 fully saturated rings. The van der Waals surface area contributed by atoms with Crippen LogP contribution in [0.5, 0.6) is 0 Å². The number of aromatic nitrogens is 1. The van der Waals surface area contributed by atoms with Crippen LogP contribution in [-0.2, 0) is 16.1 Å². The molecule has 27 heavy (non-hydrogen) atoms. The molecule has 1 heterocycles. The number of esters is 1. The standard InChI is InChI=1S/C21H23N3O3/c1-14-10-16(4-5-18(14)11-20(22)21(26)27-3)12-23-8-6-17-7-9-24-13-19(17)15(2)25/h4-11,13,23H,12,22H2,1-3H3/b8-6-,20-11-. The largest absolute Gasteiger partial charge is 0.464 e. The number of aryl methyl sites for hydroxylation is 1. The van der Waals surface area contributed by atoms with Gasteiger partial charge in [0.15, 0.2) is 5.78 Å². The maximum absolute atomic E-state index is 11.6. The van der Waals surface area contributed by atoms with Gasteiger partial charge in [0.2, 0.25) is 0 Å². The molecule has 0 saturated heterocycles. The molecule has 140 valence electrons. The third-order valence-corrected chi connectivity index (χ3v) is 3.99. The minimum absolute atomic E-state index is 0.0201. The van der Waals surface area contributed by atoms with Crippen molar-refractivity contribution in [2.24, 2.45) is 5.73 Å². The molecule has 0 aliphatic heterocycles. The van der Waals surface area contributed by atoms with Crippen molar-refractivity contribution in [3.63, 3.8) is 0 Å². The summed E-state index contributed by atoms with van der Waals surface area (Å²) in [5.74, 6) is -0.570. The quantitative estimate of drug-likeness (QED) is 0.445. The number of rotatable bonds is 7. The summed E-state index contributed by atoms with van der Waals surface area (Å²) < 4.78 is 4.60. The number of Topliss-reactive ketones (excluding diaryl/α,β-unsaturated/α-hetero) is 1. The minimum Gasteiger partial charge on any atom is -0.464 e. The van der Waals surface area contributed by atoms with Crippen molar-refractivity contribution in [1.29, 1.82) is 0 Å². The van der Waals surface area contributed by atoms with Gasteiger partial charge in [-0.2, -0.15) is 0 Å². The highest BCUT2D eigenvalue weighted by molar-refractivity contribution is 5.97. The van der Waals surface area contributed by atoms with Crippen LogP contribution in [0.4, 0.5) is 0 Å². The molecule has 6 heteroatoms. The smallest absolute Gasteiger partial charge is 0.353 e. The number of ether oxygens (including phenoxy) is 1. The molecule has 1 aromatic heterocycles. The number of carbonyl (C=O) groups excluding carboxylic acids is 2. The summed E-state index contributed by atoms with van der Waals surface area (Å²) in [5, 5.41) is 3.20. The Morgan fingerprint density at radius 2 is 2.04 bits per heavy atom.